The first-order valence-electron chi connectivity index (χ1n) is 10.8. The summed E-state index contributed by atoms with van der Waals surface area (Å²) in [6.45, 7) is 16.5. The molecule has 0 atom stereocenters. The van der Waals surface area contributed by atoms with Crippen molar-refractivity contribution in [1.82, 2.24) is 20.4 Å². The van der Waals surface area contributed by atoms with E-state index in [0.29, 0.717) is 0 Å². The van der Waals surface area contributed by atoms with Gasteiger partial charge in [0.05, 0.1) is 6.54 Å². The van der Waals surface area contributed by atoms with Crippen LogP contribution in [0.15, 0.2) is 29.3 Å². The van der Waals surface area contributed by atoms with Gasteiger partial charge in [0.2, 0.25) is 0 Å². The van der Waals surface area contributed by atoms with Crippen LogP contribution in [0.1, 0.15) is 44.7 Å². The van der Waals surface area contributed by atoms with Gasteiger partial charge in [-0.05, 0) is 50.4 Å². The van der Waals surface area contributed by atoms with Gasteiger partial charge in [-0.1, -0.05) is 38.1 Å². The lowest BCUT2D eigenvalue weighted by Gasteiger charge is -2.34. The van der Waals surface area contributed by atoms with Crippen LogP contribution in [0.5, 0.6) is 0 Å². The van der Waals surface area contributed by atoms with Gasteiger partial charge >= 0.3 is 0 Å². The Hall–Kier alpha value is -1.59. The van der Waals surface area contributed by atoms with Gasteiger partial charge in [-0.3, -0.25) is 0 Å². The van der Waals surface area contributed by atoms with Crippen LogP contribution in [0, 0.1) is 0 Å². The average molecular weight is 374 g/mol. The van der Waals surface area contributed by atoms with Gasteiger partial charge < -0.3 is 20.4 Å². The van der Waals surface area contributed by atoms with Crippen LogP contribution in [0.4, 0.5) is 0 Å². The minimum absolute atomic E-state index is 0.737. The number of nitrogens with one attached hydrogen (secondary N) is 2. The van der Waals surface area contributed by atoms with Gasteiger partial charge in [0.25, 0.3) is 0 Å². The first-order chi connectivity index (χ1) is 13.3. The number of rotatable bonds is 10. The van der Waals surface area contributed by atoms with Crippen molar-refractivity contribution in [1.29, 1.82) is 0 Å². The summed E-state index contributed by atoms with van der Waals surface area (Å²) >= 11 is 0. The third kappa shape index (κ3) is 7.89. The molecule has 0 unspecified atom stereocenters. The number of unbranched alkanes of at least 4 members (excludes halogenated alkanes) is 1. The lowest BCUT2D eigenvalue weighted by Crippen LogP contribution is -2.46. The number of piperazine rings is 1. The van der Waals surface area contributed by atoms with Crippen LogP contribution in [0.25, 0.3) is 0 Å². The maximum atomic E-state index is 4.78. The molecule has 152 valence electrons. The molecule has 2 N–H and O–H groups in total. The van der Waals surface area contributed by atoms with E-state index in [9.17, 15) is 0 Å². The molecule has 5 heteroatoms. The highest BCUT2D eigenvalue weighted by molar-refractivity contribution is 5.79. The topological polar surface area (TPSA) is 42.9 Å². The molecule has 1 fully saturated rings. The highest BCUT2D eigenvalue weighted by Crippen LogP contribution is 2.10. The van der Waals surface area contributed by atoms with Crippen molar-refractivity contribution in [3.63, 3.8) is 0 Å². The van der Waals surface area contributed by atoms with E-state index in [0.717, 1.165) is 32.0 Å². The maximum absolute atomic E-state index is 4.78. The number of likely N-dealkylation sites (N-methyl/N-ethyl adjacent to an activating group) is 1. The largest absolute Gasteiger partial charge is 0.357 e. The molecule has 0 amide bonds. The molecule has 1 saturated heterocycles. The van der Waals surface area contributed by atoms with Crippen molar-refractivity contribution in [3.05, 3.63) is 35.4 Å². The second-order valence-electron chi connectivity index (χ2n) is 7.23. The molecule has 0 radical (unpaired) electrons. The first-order valence-corrected chi connectivity index (χ1v) is 10.8. The number of aliphatic imine (C=N–C) groups is 1. The lowest BCUT2D eigenvalue weighted by molar-refractivity contribution is 0.136. The lowest BCUT2D eigenvalue weighted by atomic mass is 10.1. The standard InChI is InChI=1S/C22H39N5/c1-4-20-11-7-8-12-21(20)19-25-22(23-5-2)24-13-9-10-14-27-17-15-26(6-3)16-18-27/h7-8,11-12H,4-6,9-10,13-19H2,1-3H3,(H2,23,24,25). The molecular weight excluding hydrogens is 334 g/mol. The molecule has 27 heavy (non-hydrogen) atoms. The molecule has 0 aliphatic carbocycles. The zero-order valence-electron chi connectivity index (χ0n) is 17.6. The number of guanidine groups is 1. The molecule has 2 rings (SSSR count). The Morgan fingerprint density at radius 2 is 1.63 bits per heavy atom. The predicted octanol–water partition coefficient (Wildman–Crippen LogP) is 2.72. The number of hydrogen-bond donors (Lipinski definition) is 2. The van der Waals surface area contributed by atoms with Crippen molar-refractivity contribution in [3.8, 4) is 0 Å². The quantitative estimate of drug-likeness (QED) is 0.376. The van der Waals surface area contributed by atoms with E-state index in [1.807, 2.05) is 0 Å². The molecule has 1 heterocycles. The van der Waals surface area contributed by atoms with Crippen molar-refractivity contribution >= 4 is 5.96 Å². The van der Waals surface area contributed by atoms with Gasteiger partial charge in [-0.2, -0.15) is 0 Å². The van der Waals surface area contributed by atoms with Gasteiger partial charge in [0, 0.05) is 39.3 Å². The second kappa shape index (κ2) is 12.7. The Kier molecular flexibility index (Phi) is 10.2. The summed E-state index contributed by atoms with van der Waals surface area (Å²) in [6, 6.07) is 8.60. The zero-order chi connectivity index (χ0) is 19.3. The van der Waals surface area contributed by atoms with Crippen molar-refractivity contribution < 1.29 is 0 Å². The number of hydrogen-bond acceptors (Lipinski definition) is 3. The Labute approximate surface area is 166 Å². The molecule has 0 bridgehead atoms. The third-order valence-corrected chi connectivity index (χ3v) is 5.36. The fourth-order valence-corrected chi connectivity index (χ4v) is 3.56. The molecule has 0 aromatic heterocycles. The van der Waals surface area contributed by atoms with Gasteiger partial charge in [-0.25, -0.2) is 4.99 Å². The van der Waals surface area contributed by atoms with E-state index >= 15 is 0 Å². The van der Waals surface area contributed by atoms with Crippen LogP contribution >= 0.6 is 0 Å². The number of benzene rings is 1. The third-order valence-electron chi connectivity index (χ3n) is 5.36. The summed E-state index contributed by atoms with van der Waals surface area (Å²) in [5, 5.41) is 6.86. The number of nitrogens with zero attached hydrogens (tertiary/aromatic N) is 3. The first kappa shape index (κ1) is 21.7. The van der Waals surface area contributed by atoms with E-state index in [2.05, 4.69) is 65.5 Å². The highest BCUT2D eigenvalue weighted by Gasteiger charge is 2.14. The molecule has 0 spiro atoms. The highest BCUT2D eigenvalue weighted by atomic mass is 15.3. The van der Waals surface area contributed by atoms with Gasteiger partial charge in [0.1, 0.15) is 0 Å². The molecule has 1 aromatic carbocycles. The van der Waals surface area contributed by atoms with Crippen molar-refractivity contribution in [2.24, 2.45) is 4.99 Å². The monoisotopic (exact) mass is 373 g/mol. The van der Waals surface area contributed by atoms with E-state index < -0.39 is 0 Å². The van der Waals surface area contributed by atoms with Crippen molar-refractivity contribution in [2.75, 3.05) is 52.4 Å². The summed E-state index contributed by atoms with van der Waals surface area (Å²) in [4.78, 5) is 9.92. The summed E-state index contributed by atoms with van der Waals surface area (Å²) < 4.78 is 0. The fraction of sp³-hybridized carbons (Fsp3) is 0.682. The molecule has 0 saturated carbocycles. The Balaban J connectivity index is 1.68. The maximum Gasteiger partial charge on any atom is 0.191 e. The normalized spacial score (nSPS) is 16.5. The summed E-state index contributed by atoms with van der Waals surface area (Å²) in [5.74, 6) is 0.931. The van der Waals surface area contributed by atoms with Crippen LogP contribution < -0.4 is 10.6 Å². The molecule has 1 aliphatic rings. The predicted molar refractivity (Wildman–Crippen MR) is 116 cm³/mol. The van der Waals surface area contributed by atoms with Crippen LogP contribution in [0.2, 0.25) is 0 Å². The van der Waals surface area contributed by atoms with Gasteiger partial charge in [-0.15, -0.1) is 0 Å². The summed E-state index contributed by atoms with van der Waals surface area (Å²) in [5.41, 5.74) is 2.71. The smallest absolute Gasteiger partial charge is 0.191 e. The number of aryl methyl sites for hydroxylation is 1. The molecule has 5 nitrogen and oxygen atoms in total. The Morgan fingerprint density at radius 1 is 0.926 bits per heavy atom. The van der Waals surface area contributed by atoms with Gasteiger partial charge in [0.15, 0.2) is 5.96 Å². The van der Waals surface area contributed by atoms with Crippen molar-refractivity contribution in [2.45, 2.75) is 46.6 Å². The SMILES string of the molecule is CCNC(=NCc1ccccc1CC)NCCCCN1CCN(CC)CC1. The van der Waals surface area contributed by atoms with E-state index in [-0.39, 0.29) is 0 Å². The minimum Gasteiger partial charge on any atom is -0.357 e. The second-order valence-corrected chi connectivity index (χ2v) is 7.23. The minimum atomic E-state index is 0.737. The molecular formula is C22H39N5. The Morgan fingerprint density at radius 3 is 2.30 bits per heavy atom. The fourth-order valence-electron chi connectivity index (χ4n) is 3.56. The van der Waals surface area contributed by atoms with Crippen LogP contribution in [0.3, 0.4) is 0 Å². The van der Waals surface area contributed by atoms with Crippen LogP contribution in [-0.4, -0.2) is 68.1 Å². The molecule has 1 aromatic rings. The van der Waals surface area contributed by atoms with Crippen LogP contribution in [-0.2, 0) is 13.0 Å². The van der Waals surface area contributed by atoms with E-state index in [4.69, 9.17) is 4.99 Å². The molecule has 1 aliphatic heterocycles. The average Bonchev–Trinajstić information content (AvgIpc) is 2.72. The zero-order valence-corrected chi connectivity index (χ0v) is 17.6. The summed E-state index contributed by atoms with van der Waals surface area (Å²) in [7, 11) is 0. The van der Waals surface area contributed by atoms with E-state index in [1.54, 1.807) is 0 Å². The Bertz CT molecular complexity index is 549. The summed E-state index contributed by atoms with van der Waals surface area (Å²) in [6.07, 6.45) is 3.49. The van der Waals surface area contributed by atoms with E-state index in [1.165, 1.54) is 63.2 Å².